The predicted molar refractivity (Wildman–Crippen MR) is 70.8 cm³/mol. The third-order valence-electron chi connectivity index (χ3n) is 2.14. The zero-order chi connectivity index (χ0) is 11.4. The Kier molecular flexibility index (Phi) is 3.80. The van der Waals surface area contributed by atoms with Crippen molar-refractivity contribution in [1.29, 1.82) is 0 Å². The number of thiol groups is 1. The van der Waals surface area contributed by atoms with Crippen LogP contribution in [0.5, 0.6) is 5.75 Å². The molecule has 2 aromatic carbocycles. The molecular formula is C13H12OS2. The van der Waals surface area contributed by atoms with Crippen molar-refractivity contribution in [3.05, 3.63) is 48.5 Å². The summed E-state index contributed by atoms with van der Waals surface area (Å²) in [6.45, 7) is 0. The second-order valence-corrected chi connectivity index (χ2v) is 4.85. The Morgan fingerprint density at radius 3 is 2.44 bits per heavy atom. The zero-order valence-corrected chi connectivity index (χ0v) is 10.6. The van der Waals surface area contributed by atoms with Crippen LogP contribution in [0.1, 0.15) is 0 Å². The first kappa shape index (κ1) is 11.4. The summed E-state index contributed by atoms with van der Waals surface area (Å²) in [7, 11) is 1.66. The molecule has 3 heteroatoms. The van der Waals surface area contributed by atoms with Gasteiger partial charge in [-0.1, -0.05) is 30.0 Å². The van der Waals surface area contributed by atoms with E-state index >= 15 is 0 Å². The van der Waals surface area contributed by atoms with Crippen molar-refractivity contribution in [2.24, 2.45) is 0 Å². The van der Waals surface area contributed by atoms with Crippen molar-refractivity contribution in [2.75, 3.05) is 7.11 Å². The van der Waals surface area contributed by atoms with Crippen LogP contribution in [0.2, 0.25) is 0 Å². The Hall–Kier alpha value is -1.06. The molecule has 82 valence electrons. The van der Waals surface area contributed by atoms with Crippen molar-refractivity contribution in [3.8, 4) is 5.75 Å². The van der Waals surface area contributed by atoms with E-state index in [4.69, 9.17) is 4.74 Å². The quantitative estimate of drug-likeness (QED) is 0.818. The van der Waals surface area contributed by atoms with E-state index in [0.29, 0.717) is 0 Å². The van der Waals surface area contributed by atoms with Crippen molar-refractivity contribution in [1.82, 2.24) is 0 Å². The minimum atomic E-state index is 0.836. The van der Waals surface area contributed by atoms with Crippen molar-refractivity contribution in [2.45, 2.75) is 14.7 Å². The lowest BCUT2D eigenvalue weighted by atomic mass is 10.3. The topological polar surface area (TPSA) is 9.23 Å². The van der Waals surface area contributed by atoms with Gasteiger partial charge in [0.2, 0.25) is 0 Å². The highest BCUT2D eigenvalue weighted by atomic mass is 32.2. The molecule has 0 bridgehead atoms. The third kappa shape index (κ3) is 2.74. The van der Waals surface area contributed by atoms with Gasteiger partial charge in [-0.25, -0.2) is 0 Å². The molecule has 0 atom stereocenters. The summed E-state index contributed by atoms with van der Waals surface area (Å²) in [5.74, 6) is 0.836. The molecule has 0 saturated heterocycles. The van der Waals surface area contributed by atoms with Gasteiger partial charge >= 0.3 is 0 Å². The maximum absolute atomic E-state index is 5.14. The van der Waals surface area contributed by atoms with Crippen LogP contribution in [0.3, 0.4) is 0 Å². The number of hydrogen-bond acceptors (Lipinski definition) is 3. The summed E-state index contributed by atoms with van der Waals surface area (Å²) >= 11 is 6.15. The van der Waals surface area contributed by atoms with Crippen molar-refractivity contribution in [3.63, 3.8) is 0 Å². The SMILES string of the molecule is COc1ccc(Sc2ccccc2)c(S)c1. The van der Waals surface area contributed by atoms with E-state index in [2.05, 4.69) is 24.8 Å². The van der Waals surface area contributed by atoms with Gasteiger partial charge in [0.15, 0.2) is 0 Å². The number of rotatable bonds is 3. The fourth-order valence-corrected chi connectivity index (χ4v) is 2.51. The average Bonchev–Trinajstić information content (AvgIpc) is 2.33. The van der Waals surface area contributed by atoms with Crippen LogP contribution in [0.25, 0.3) is 0 Å². The van der Waals surface area contributed by atoms with E-state index in [1.807, 2.05) is 36.4 Å². The smallest absolute Gasteiger partial charge is 0.120 e. The fourth-order valence-electron chi connectivity index (χ4n) is 1.33. The molecule has 0 heterocycles. The van der Waals surface area contributed by atoms with Gasteiger partial charge in [-0.15, -0.1) is 12.6 Å². The van der Waals surface area contributed by atoms with Gasteiger partial charge in [0, 0.05) is 14.7 Å². The number of methoxy groups -OCH3 is 1. The van der Waals surface area contributed by atoms with Crippen molar-refractivity contribution < 1.29 is 4.74 Å². The molecular weight excluding hydrogens is 236 g/mol. The van der Waals surface area contributed by atoms with E-state index in [9.17, 15) is 0 Å². The maximum Gasteiger partial charge on any atom is 0.120 e. The third-order valence-corrected chi connectivity index (χ3v) is 3.74. The normalized spacial score (nSPS) is 10.1. The molecule has 16 heavy (non-hydrogen) atoms. The number of ether oxygens (including phenoxy) is 1. The van der Waals surface area contributed by atoms with E-state index in [1.54, 1.807) is 18.9 Å². The van der Waals surface area contributed by atoms with Gasteiger partial charge in [0.1, 0.15) is 5.75 Å². The molecule has 0 N–H and O–H groups in total. The molecule has 0 fully saturated rings. The van der Waals surface area contributed by atoms with Gasteiger partial charge in [0.25, 0.3) is 0 Å². The summed E-state index contributed by atoms with van der Waals surface area (Å²) in [6.07, 6.45) is 0. The Balaban J connectivity index is 2.22. The van der Waals surface area contributed by atoms with E-state index in [0.717, 1.165) is 15.5 Å². The van der Waals surface area contributed by atoms with Crippen LogP contribution in [-0.2, 0) is 0 Å². The van der Waals surface area contributed by atoms with Gasteiger partial charge < -0.3 is 4.74 Å². The largest absolute Gasteiger partial charge is 0.497 e. The highest BCUT2D eigenvalue weighted by molar-refractivity contribution is 7.99. The first-order valence-electron chi connectivity index (χ1n) is 4.89. The Bertz CT molecular complexity index is 469. The zero-order valence-electron chi connectivity index (χ0n) is 8.88. The number of hydrogen-bond donors (Lipinski definition) is 1. The van der Waals surface area contributed by atoms with Crippen LogP contribution >= 0.6 is 24.4 Å². The molecule has 0 aromatic heterocycles. The highest BCUT2D eigenvalue weighted by Crippen LogP contribution is 2.34. The summed E-state index contributed by atoms with van der Waals surface area (Å²) < 4.78 is 5.14. The summed E-state index contributed by atoms with van der Waals surface area (Å²) in [5, 5.41) is 0. The summed E-state index contributed by atoms with van der Waals surface area (Å²) in [5.41, 5.74) is 0. The first-order chi connectivity index (χ1) is 7.79. The molecule has 0 aliphatic heterocycles. The van der Waals surface area contributed by atoms with Crippen LogP contribution in [0.4, 0.5) is 0 Å². The molecule has 0 saturated carbocycles. The molecule has 1 nitrogen and oxygen atoms in total. The average molecular weight is 248 g/mol. The molecule has 0 radical (unpaired) electrons. The molecule has 0 aliphatic carbocycles. The lowest BCUT2D eigenvalue weighted by Crippen LogP contribution is -1.83. The molecule has 2 rings (SSSR count). The monoisotopic (exact) mass is 248 g/mol. The van der Waals surface area contributed by atoms with Crippen molar-refractivity contribution >= 4 is 24.4 Å². The lowest BCUT2D eigenvalue weighted by Gasteiger charge is -2.06. The van der Waals surface area contributed by atoms with Gasteiger partial charge in [-0.2, -0.15) is 0 Å². The summed E-state index contributed by atoms with van der Waals surface area (Å²) in [4.78, 5) is 3.28. The fraction of sp³-hybridized carbons (Fsp3) is 0.0769. The summed E-state index contributed by atoms with van der Waals surface area (Å²) in [6, 6.07) is 16.1. The lowest BCUT2D eigenvalue weighted by molar-refractivity contribution is 0.413. The van der Waals surface area contributed by atoms with E-state index in [-0.39, 0.29) is 0 Å². The predicted octanol–water partition coefficient (Wildman–Crippen LogP) is 4.14. The van der Waals surface area contributed by atoms with Crippen LogP contribution in [0.15, 0.2) is 63.2 Å². The molecule has 0 unspecified atom stereocenters. The molecule has 2 aromatic rings. The Morgan fingerprint density at radius 2 is 1.81 bits per heavy atom. The van der Waals surface area contributed by atoms with Gasteiger partial charge in [0.05, 0.1) is 7.11 Å². The first-order valence-corrected chi connectivity index (χ1v) is 6.16. The van der Waals surface area contributed by atoms with E-state index < -0.39 is 0 Å². The van der Waals surface area contributed by atoms with Crippen LogP contribution < -0.4 is 4.74 Å². The molecule has 0 spiro atoms. The standard InChI is InChI=1S/C13H12OS2/c1-14-10-7-8-13(12(15)9-10)16-11-5-3-2-4-6-11/h2-9,15H,1H3. The van der Waals surface area contributed by atoms with Gasteiger partial charge in [-0.05, 0) is 30.3 Å². The second kappa shape index (κ2) is 5.32. The van der Waals surface area contributed by atoms with E-state index in [1.165, 1.54) is 4.90 Å². The van der Waals surface area contributed by atoms with Gasteiger partial charge in [-0.3, -0.25) is 0 Å². The Labute approximate surface area is 105 Å². The minimum absolute atomic E-state index is 0.836. The maximum atomic E-state index is 5.14. The second-order valence-electron chi connectivity index (χ2n) is 3.25. The van der Waals surface area contributed by atoms with Crippen LogP contribution in [0, 0.1) is 0 Å². The molecule has 0 aliphatic rings. The van der Waals surface area contributed by atoms with Crippen LogP contribution in [-0.4, -0.2) is 7.11 Å². The highest BCUT2D eigenvalue weighted by Gasteiger charge is 2.02. The Morgan fingerprint density at radius 1 is 1.06 bits per heavy atom. The molecule has 0 amide bonds. The minimum Gasteiger partial charge on any atom is -0.497 e. The number of benzene rings is 2.